The van der Waals surface area contributed by atoms with Crippen LogP contribution in [0.1, 0.15) is 54.7 Å². The van der Waals surface area contributed by atoms with E-state index in [2.05, 4.69) is 15.5 Å². The van der Waals surface area contributed by atoms with Gasteiger partial charge in [0.1, 0.15) is 5.69 Å². The third-order valence-corrected chi connectivity index (χ3v) is 4.50. The zero-order chi connectivity index (χ0) is 14.2. The summed E-state index contributed by atoms with van der Waals surface area (Å²) in [6.45, 7) is 2.20. The Morgan fingerprint density at radius 2 is 2.35 bits per heavy atom. The summed E-state index contributed by atoms with van der Waals surface area (Å²) in [5.41, 5.74) is 0.736. The molecule has 20 heavy (non-hydrogen) atoms. The van der Waals surface area contributed by atoms with Gasteiger partial charge in [-0.15, -0.1) is 0 Å². The zero-order valence-corrected chi connectivity index (χ0v) is 11.7. The third-order valence-electron chi connectivity index (χ3n) is 4.50. The minimum atomic E-state index is -0.320. The van der Waals surface area contributed by atoms with Crippen molar-refractivity contribution in [3.63, 3.8) is 0 Å². The number of hydrogen-bond acceptors (Lipinski definition) is 4. The van der Waals surface area contributed by atoms with E-state index < -0.39 is 0 Å². The molecule has 6 heteroatoms. The Bertz CT molecular complexity index is 508. The number of rotatable bonds is 4. The largest absolute Gasteiger partial charge is 0.504 e. The monoisotopic (exact) mass is 279 g/mol. The molecular weight excluding hydrogens is 258 g/mol. The van der Waals surface area contributed by atoms with Gasteiger partial charge in [0.2, 0.25) is 0 Å². The highest BCUT2D eigenvalue weighted by Gasteiger charge is 2.44. The van der Waals surface area contributed by atoms with E-state index in [-0.39, 0.29) is 29.1 Å². The Hall–Kier alpha value is -1.56. The maximum absolute atomic E-state index is 11.9. The smallest absolute Gasteiger partial charge is 0.273 e. The second-order valence-electron chi connectivity index (χ2n) is 5.89. The molecule has 110 valence electrons. The number of nitrogens with zero attached hydrogens (tertiary/aromatic N) is 1. The number of carbonyl (C=O) groups is 1. The number of carbonyl (C=O) groups excluding carboxylic acids is 1. The summed E-state index contributed by atoms with van der Waals surface area (Å²) in [6.07, 6.45) is 6.99. The van der Waals surface area contributed by atoms with Gasteiger partial charge in [-0.2, -0.15) is 5.10 Å². The standard InChI is InChI=1S/C14H21N3O3/c1-9-12(18)11(17-16-9)13(19)15-8-4-10-3-7-14(20-10)5-2-6-14/h10,18H,2-8H2,1H3,(H,15,19)(H,16,17)/t10-/m1/s1. The molecule has 1 atom stereocenters. The highest BCUT2D eigenvalue weighted by molar-refractivity contribution is 5.95. The number of nitrogens with one attached hydrogen (secondary N) is 2. The van der Waals surface area contributed by atoms with Crippen molar-refractivity contribution in [1.82, 2.24) is 15.5 Å². The van der Waals surface area contributed by atoms with E-state index in [4.69, 9.17) is 4.74 Å². The second-order valence-corrected chi connectivity index (χ2v) is 5.89. The van der Waals surface area contributed by atoms with Crippen LogP contribution in [-0.2, 0) is 4.74 Å². The molecule has 0 unspecified atom stereocenters. The maximum Gasteiger partial charge on any atom is 0.273 e. The summed E-state index contributed by atoms with van der Waals surface area (Å²) in [6, 6.07) is 0. The molecule has 0 radical (unpaired) electrons. The molecule has 2 fully saturated rings. The number of aromatic hydroxyl groups is 1. The Balaban J connectivity index is 1.44. The van der Waals surface area contributed by atoms with Crippen LogP contribution in [0.15, 0.2) is 0 Å². The van der Waals surface area contributed by atoms with Crippen LogP contribution in [0.5, 0.6) is 5.75 Å². The van der Waals surface area contributed by atoms with Crippen molar-refractivity contribution in [3.8, 4) is 5.75 Å². The topological polar surface area (TPSA) is 87.2 Å². The first-order chi connectivity index (χ1) is 9.60. The van der Waals surface area contributed by atoms with Crippen LogP contribution in [0.2, 0.25) is 0 Å². The number of aromatic amines is 1. The summed E-state index contributed by atoms with van der Waals surface area (Å²) in [4.78, 5) is 11.9. The molecule has 2 aliphatic rings. The van der Waals surface area contributed by atoms with Crippen LogP contribution >= 0.6 is 0 Å². The number of amides is 1. The SMILES string of the molecule is Cc1n[nH]c(C(=O)NCC[C@H]2CCC3(CCC3)O2)c1O. The van der Waals surface area contributed by atoms with Gasteiger partial charge in [0.25, 0.3) is 5.91 Å². The van der Waals surface area contributed by atoms with Crippen LogP contribution in [0.4, 0.5) is 0 Å². The quantitative estimate of drug-likeness (QED) is 0.782. The predicted molar refractivity (Wildman–Crippen MR) is 72.6 cm³/mol. The molecule has 1 saturated carbocycles. The molecule has 1 aromatic heterocycles. The summed E-state index contributed by atoms with van der Waals surface area (Å²) >= 11 is 0. The third kappa shape index (κ3) is 2.40. The van der Waals surface area contributed by atoms with Crippen LogP contribution in [0.25, 0.3) is 0 Å². The molecule has 1 aromatic rings. The molecule has 1 saturated heterocycles. The average molecular weight is 279 g/mol. The molecule has 6 nitrogen and oxygen atoms in total. The molecule has 0 bridgehead atoms. The van der Waals surface area contributed by atoms with Crippen molar-refractivity contribution in [2.75, 3.05) is 6.54 Å². The molecular formula is C14H21N3O3. The number of H-pyrrole nitrogens is 1. The number of hydrogen-bond donors (Lipinski definition) is 3. The van der Waals surface area contributed by atoms with Gasteiger partial charge < -0.3 is 15.2 Å². The van der Waals surface area contributed by atoms with E-state index in [0.29, 0.717) is 12.2 Å². The lowest BCUT2D eigenvalue weighted by Gasteiger charge is -2.38. The fraction of sp³-hybridized carbons (Fsp3) is 0.714. The summed E-state index contributed by atoms with van der Waals surface area (Å²) in [7, 11) is 0. The number of ether oxygens (including phenoxy) is 1. The second kappa shape index (κ2) is 5.09. The fourth-order valence-electron chi connectivity index (χ4n) is 3.06. The van der Waals surface area contributed by atoms with Crippen LogP contribution in [-0.4, -0.2) is 39.5 Å². The van der Waals surface area contributed by atoms with Gasteiger partial charge in [-0.05, 0) is 45.4 Å². The van der Waals surface area contributed by atoms with Crippen molar-refractivity contribution >= 4 is 5.91 Å². The van der Waals surface area contributed by atoms with Gasteiger partial charge in [-0.3, -0.25) is 9.89 Å². The minimum Gasteiger partial charge on any atom is -0.504 e. The molecule has 1 spiro atoms. The van der Waals surface area contributed by atoms with Crippen molar-refractivity contribution in [1.29, 1.82) is 0 Å². The van der Waals surface area contributed by atoms with Gasteiger partial charge in [0.15, 0.2) is 11.4 Å². The van der Waals surface area contributed by atoms with Gasteiger partial charge in [0.05, 0.1) is 11.7 Å². The van der Waals surface area contributed by atoms with Crippen molar-refractivity contribution < 1.29 is 14.6 Å². The number of aryl methyl sites for hydroxylation is 1. The molecule has 1 aliphatic carbocycles. The molecule has 1 aliphatic heterocycles. The summed E-state index contributed by atoms with van der Waals surface area (Å²) in [5, 5.41) is 18.8. The molecule has 0 aromatic carbocycles. The fourth-order valence-corrected chi connectivity index (χ4v) is 3.06. The Labute approximate surface area is 117 Å². The predicted octanol–water partition coefficient (Wildman–Crippen LogP) is 1.65. The Kier molecular flexibility index (Phi) is 3.41. The normalized spacial score (nSPS) is 23.8. The first kappa shape index (κ1) is 13.4. The lowest BCUT2D eigenvalue weighted by molar-refractivity contribution is -0.0920. The van der Waals surface area contributed by atoms with E-state index in [1.807, 2.05) is 0 Å². The van der Waals surface area contributed by atoms with Crippen LogP contribution < -0.4 is 5.32 Å². The van der Waals surface area contributed by atoms with Crippen molar-refractivity contribution in [3.05, 3.63) is 11.4 Å². The van der Waals surface area contributed by atoms with Crippen molar-refractivity contribution in [2.45, 2.75) is 57.2 Å². The van der Waals surface area contributed by atoms with Gasteiger partial charge in [-0.1, -0.05) is 0 Å². The molecule has 3 rings (SSSR count). The summed E-state index contributed by atoms with van der Waals surface area (Å²) < 4.78 is 6.08. The Morgan fingerprint density at radius 1 is 1.55 bits per heavy atom. The van der Waals surface area contributed by atoms with Crippen molar-refractivity contribution in [2.24, 2.45) is 0 Å². The highest BCUT2D eigenvalue weighted by atomic mass is 16.5. The van der Waals surface area contributed by atoms with Crippen LogP contribution in [0, 0.1) is 6.92 Å². The molecule has 1 amide bonds. The average Bonchev–Trinajstić information content (AvgIpc) is 2.95. The highest BCUT2D eigenvalue weighted by Crippen LogP contribution is 2.46. The maximum atomic E-state index is 11.9. The summed E-state index contributed by atoms with van der Waals surface area (Å²) in [5.74, 6) is -0.396. The first-order valence-electron chi connectivity index (χ1n) is 7.30. The Morgan fingerprint density at radius 3 is 2.90 bits per heavy atom. The van der Waals surface area contributed by atoms with E-state index >= 15 is 0 Å². The first-order valence-corrected chi connectivity index (χ1v) is 7.30. The van der Waals surface area contributed by atoms with Gasteiger partial charge in [0, 0.05) is 6.54 Å². The van der Waals surface area contributed by atoms with Gasteiger partial charge in [-0.25, -0.2) is 0 Å². The van der Waals surface area contributed by atoms with E-state index in [0.717, 1.165) is 19.3 Å². The van der Waals surface area contributed by atoms with E-state index in [9.17, 15) is 9.90 Å². The van der Waals surface area contributed by atoms with Gasteiger partial charge >= 0.3 is 0 Å². The van der Waals surface area contributed by atoms with E-state index in [1.54, 1.807) is 6.92 Å². The van der Waals surface area contributed by atoms with Crippen LogP contribution in [0.3, 0.4) is 0 Å². The van der Waals surface area contributed by atoms with E-state index in [1.165, 1.54) is 19.3 Å². The molecule has 3 N–H and O–H groups in total. The minimum absolute atomic E-state index is 0.0759. The number of aromatic nitrogens is 2. The lowest BCUT2D eigenvalue weighted by atomic mass is 9.78. The zero-order valence-electron chi connectivity index (χ0n) is 11.7. The lowest BCUT2D eigenvalue weighted by Crippen LogP contribution is -2.37. The molecule has 2 heterocycles.